The van der Waals surface area contributed by atoms with Gasteiger partial charge in [0.2, 0.25) is 0 Å². The SMILES string of the molecule is CCc1ccc2nc(N(Cc3ccccc3)C(=O)Cn3cncn3)sc2c1. The molecule has 0 bridgehead atoms. The number of fused-ring (bicyclic) bond motifs is 1. The zero-order valence-corrected chi connectivity index (χ0v) is 15.8. The van der Waals surface area contributed by atoms with Crippen LogP contribution in [-0.4, -0.2) is 25.7 Å². The maximum Gasteiger partial charge on any atom is 0.250 e. The van der Waals surface area contributed by atoms with Crippen LogP contribution in [-0.2, 0) is 24.3 Å². The third-order valence-corrected chi connectivity index (χ3v) is 5.37. The molecule has 6 nitrogen and oxygen atoms in total. The van der Waals surface area contributed by atoms with Gasteiger partial charge in [-0.15, -0.1) is 0 Å². The second kappa shape index (κ2) is 7.67. The predicted octanol–water partition coefficient (Wildman–Crippen LogP) is 3.68. The van der Waals surface area contributed by atoms with Gasteiger partial charge in [0.25, 0.3) is 5.91 Å². The van der Waals surface area contributed by atoms with Gasteiger partial charge < -0.3 is 0 Å². The van der Waals surface area contributed by atoms with Crippen LogP contribution in [0.15, 0.2) is 61.2 Å². The quantitative estimate of drug-likeness (QED) is 0.514. The molecule has 0 radical (unpaired) electrons. The average molecular weight is 377 g/mol. The summed E-state index contributed by atoms with van der Waals surface area (Å²) in [5.74, 6) is -0.0703. The smallest absolute Gasteiger partial charge is 0.250 e. The molecule has 4 rings (SSSR count). The van der Waals surface area contributed by atoms with Gasteiger partial charge in [-0.2, -0.15) is 5.10 Å². The van der Waals surface area contributed by atoms with Gasteiger partial charge in [-0.3, -0.25) is 9.69 Å². The van der Waals surface area contributed by atoms with Gasteiger partial charge in [-0.25, -0.2) is 14.6 Å². The van der Waals surface area contributed by atoms with E-state index in [0.717, 1.165) is 22.2 Å². The number of hydrogen-bond acceptors (Lipinski definition) is 5. The molecule has 0 aliphatic carbocycles. The molecule has 0 saturated heterocycles. The van der Waals surface area contributed by atoms with Crippen molar-refractivity contribution in [3.05, 3.63) is 72.3 Å². The van der Waals surface area contributed by atoms with Gasteiger partial charge in [-0.1, -0.05) is 54.7 Å². The summed E-state index contributed by atoms with van der Waals surface area (Å²) in [6.07, 6.45) is 3.95. The summed E-state index contributed by atoms with van der Waals surface area (Å²) in [5.41, 5.74) is 3.23. The lowest BCUT2D eigenvalue weighted by Crippen LogP contribution is -2.33. The van der Waals surface area contributed by atoms with E-state index in [1.807, 2.05) is 36.4 Å². The molecule has 0 saturated carbocycles. The fourth-order valence-electron chi connectivity index (χ4n) is 2.86. The van der Waals surface area contributed by atoms with Crippen LogP contribution in [0.3, 0.4) is 0 Å². The Balaban J connectivity index is 1.69. The van der Waals surface area contributed by atoms with E-state index in [1.54, 1.807) is 22.6 Å². The van der Waals surface area contributed by atoms with Crippen molar-refractivity contribution in [2.75, 3.05) is 4.90 Å². The lowest BCUT2D eigenvalue weighted by Gasteiger charge is -2.20. The molecule has 2 aromatic heterocycles. The second-order valence-electron chi connectivity index (χ2n) is 6.21. The van der Waals surface area contributed by atoms with Crippen LogP contribution < -0.4 is 4.90 Å². The van der Waals surface area contributed by atoms with E-state index in [0.29, 0.717) is 11.7 Å². The van der Waals surface area contributed by atoms with Crippen LogP contribution in [0.25, 0.3) is 10.2 Å². The first-order valence-corrected chi connectivity index (χ1v) is 9.61. The Hall–Kier alpha value is -3.06. The summed E-state index contributed by atoms with van der Waals surface area (Å²) >= 11 is 1.54. The minimum Gasteiger partial charge on any atom is -0.282 e. The van der Waals surface area contributed by atoms with Gasteiger partial charge in [0.05, 0.1) is 16.8 Å². The van der Waals surface area contributed by atoms with Crippen molar-refractivity contribution in [1.82, 2.24) is 19.7 Å². The number of hydrogen-bond donors (Lipinski definition) is 0. The van der Waals surface area contributed by atoms with Crippen molar-refractivity contribution >= 4 is 32.6 Å². The summed E-state index contributed by atoms with van der Waals surface area (Å²) in [7, 11) is 0. The topological polar surface area (TPSA) is 63.9 Å². The van der Waals surface area contributed by atoms with Crippen LogP contribution in [0, 0.1) is 0 Å². The highest BCUT2D eigenvalue weighted by molar-refractivity contribution is 7.22. The second-order valence-corrected chi connectivity index (χ2v) is 7.22. The molecule has 27 heavy (non-hydrogen) atoms. The first-order valence-electron chi connectivity index (χ1n) is 8.79. The molecular formula is C20H19N5OS. The van der Waals surface area contributed by atoms with Gasteiger partial charge in [0.1, 0.15) is 19.2 Å². The molecule has 7 heteroatoms. The Morgan fingerprint density at radius 2 is 2.00 bits per heavy atom. The summed E-state index contributed by atoms with van der Waals surface area (Å²) in [4.78, 5) is 23.4. The highest BCUT2D eigenvalue weighted by atomic mass is 32.1. The molecule has 0 fully saturated rings. The number of rotatable bonds is 6. The van der Waals surface area contributed by atoms with E-state index in [1.165, 1.54) is 16.6 Å². The maximum atomic E-state index is 13.0. The third kappa shape index (κ3) is 3.88. The fraction of sp³-hybridized carbons (Fsp3) is 0.200. The molecule has 0 aliphatic rings. The molecule has 2 heterocycles. The molecule has 0 N–H and O–H groups in total. The number of anilines is 1. The molecule has 0 unspecified atom stereocenters. The van der Waals surface area contributed by atoms with Gasteiger partial charge in [-0.05, 0) is 29.7 Å². The largest absolute Gasteiger partial charge is 0.282 e. The molecule has 0 aliphatic heterocycles. The van der Waals surface area contributed by atoms with Crippen molar-refractivity contribution < 1.29 is 4.79 Å². The van der Waals surface area contributed by atoms with E-state index in [-0.39, 0.29) is 12.5 Å². The third-order valence-electron chi connectivity index (χ3n) is 4.33. The first kappa shape index (κ1) is 17.4. The number of aryl methyl sites for hydroxylation is 1. The normalized spacial score (nSPS) is 11.0. The Bertz CT molecular complexity index is 1040. The zero-order valence-electron chi connectivity index (χ0n) is 14.9. The zero-order chi connectivity index (χ0) is 18.6. The molecule has 1 amide bonds. The Morgan fingerprint density at radius 3 is 2.74 bits per heavy atom. The van der Waals surface area contributed by atoms with E-state index < -0.39 is 0 Å². The number of carbonyl (C=O) groups is 1. The minimum atomic E-state index is -0.0703. The van der Waals surface area contributed by atoms with Gasteiger partial charge >= 0.3 is 0 Å². The molecule has 0 spiro atoms. The predicted molar refractivity (Wildman–Crippen MR) is 107 cm³/mol. The van der Waals surface area contributed by atoms with Crippen molar-refractivity contribution in [2.45, 2.75) is 26.4 Å². The Kier molecular flexibility index (Phi) is 4.93. The van der Waals surface area contributed by atoms with Crippen LogP contribution in [0.1, 0.15) is 18.1 Å². The van der Waals surface area contributed by atoms with Crippen LogP contribution in [0.4, 0.5) is 5.13 Å². The van der Waals surface area contributed by atoms with E-state index in [2.05, 4.69) is 29.1 Å². The number of carbonyl (C=O) groups excluding carboxylic acids is 1. The van der Waals surface area contributed by atoms with Crippen molar-refractivity contribution in [1.29, 1.82) is 0 Å². The van der Waals surface area contributed by atoms with Gasteiger partial charge in [0, 0.05) is 0 Å². The lowest BCUT2D eigenvalue weighted by atomic mass is 10.2. The van der Waals surface area contributed by atoms with Crippen molar-refractivity contribution in [3.8, 4) is 0 Å². The molecular weight excluding hydrogens is 358 g/mol. The first-order chi connectivity index (χ1) is 13.2. The van der Waals surface area contributed by atoms with Crippen molar-refractivity contribution in [3.63, 3.8) is 0 Å². The van der Waals surface area contributed by atoms with Crippen molar-refractivity contribution in [2.24, 2.45) is 0 Å². The van der Waals surface area contributed by atoms with E-state index >= 15 is 0 Å². The monoisotopic (exact) mass is 377 g/mol. The van der Waals surface area contributed by atoms with Crippen LogP contribution in [0.2, 0.25) is 0 Å². The van der Waals surface area contributed by atoms with Gasteiger partial charge in [0.15, 0.2) is 5.13 Å². The number of aromatic nitrogens is 4. The lowest BCUT2D eigenvalue weighted by molar-refractivity contribution is -0.119. The fourth-order valence-corrected chi connectivity index (χ4v) is 3.90. The maximum absolute atomic E-state index is 13.0. The highest BCUT2D eigenvalue weighted by Gasteiger charge is 2.21. The van der Waals surface area contributed by atoms with E-state index in [9.17, 15) is 4.79 Å². The Morgan fingerprint density at radius 1 is 1.15 bits per heavy atom. The minimum absolute atomic E-state index is 0.0703. The summed E-state index contributed by atoms with van der Waals surface area (Å²) in [5, 5.41) is 4.75. The Labute approximate surface area is 161 Å². The van der Waals surface area contributed by atoms with E-state index in [4.69, 9.17) is 4.98 Å². The summed E-state index contributed by atoms with van der Waals surface area (Å²) in [6.45, 7) is 2.73. The molecule has 2 aromatic carbocycles. The number of amides is 1. The van der Waals surface area contributed by atoms with Crippen LogP contribution >= 0.6 is 11.3 Å². The molecule has 136 valence electrons. The summed E-state index contributed by atoms with van der Waals surface area (Å²) < 4.78 is 2.62. The summed E-state index contributed by atoms with van der Waals surface area (Å²) in [6, 6.07) is 16.2. The number of benzene rings is 2. The van der Waals surface area contributed by atoms with Crippen LogP contribution in [0.5, 0.6) is 0 Å². The molecule has 4 aromatic rings. The number of thiazole rings is 1. The highest BCUT2D eigenvalue weighted by Crippen LogP contribution is 2.31. The average Bonchev–Trinajstić information content (AvgIpc) is 3.35. The number of nitrogens with zero attached hydrogens (tertiary/aromatic N) is 5. The molecule has 0 atom stereocenters. The standard InChI is InChI=1S/C20H19N5OS/c1-2-15-8-9-17-18(10-15)27-20(23-17)25(11-16-6-4-3-5-7-16)19(26)12-24-14-21-13-22-24/h3-10,13-14H,2,11-12H2,1H3.